The average molecular weight is 242 g/mol. The molecule has 0 spiro atoms. The Bertz CT molecular complexity index is 462. The van der Waals surface area contributed by atoms with Gasteiger partial charge in [0.05, 0.1) is 17.3 Å². The summed E-state index contributed by atoms with van der Waals surface area (Å²) < 4.78 is 1.12. The molecule has 0 saturated carbocycles. The summed E-state index contributed by atoms with van der Waals surface area (Å²) in [7, 11) is 0. The summed E-state index contributed by atoms with van der Waals surface area (Å²) in [6.07, 6.45) is 5.86. The molecule has 2 N–H and O–H groups in total. The zero-order chi connectivity index (χ0) is 12.1. The topological polar surface area (TPSA) is 67.2 Å². The second-order valence-electron chi connectivity index (χ2n) is 3.26. The number of rotatable bonds is 4. The van der Waals surface area contributed by atoms with Gasteiger partial charge in [0.25, 0.3) is 5.56 Å². The average Bonchev–Trinajstić information content (AvgIpc) is 2.22. The Balaban J connectivity index is 3.03. The maximum Gasteiger partial charge on any atom is 0.292 e. The Morgan fingerprint density at radius 1 is 1.81 bits per heavy atom. The highest BCUT2D eigenvalue weighted by Gasteiger charge is 2.09. The summed E-state index contributed by atoms with van der Waals surface area (Å²) in [6, 6.07) is 0. The minimum absolute atomic E-state index is 0.0827. The Morgan fingerprint density at radius 3 is 3.06 bits per heavy atom. The van der Waals surface area contributed by atoms with Crippen LogP contribution in [0.5, 0.6) is 0 Å². The molecule has 0 bridgehead atoms. The third kappa shape index (κ3) is 2.99. The summed E-state index contributed by atoms with van der Waals surface area (Å²) >= 11 is 5.81. The summed E-state index contributed by atoms with van der Waals surface area (Å²) in [5.41, 5.74) is -0.195. The van der Waals surface area contributed by atoms with Crippen molar-refractivity contribution < 1.29 is 5.11 Å². The number of aromatic nitrogens is 2. The molecule has 86 valence electrons. The molecule has 1 atom stereocenters. The standard InChI is InChI=1S/C10H12ClN3O2/c1-3-4-14-10(16)9(8(11)6-13-14)12-5-7(2)15/h1,6-7,12,15H,4-5H2,2H3. The first-order valence-corrected chi connectivity index (χ1v) is 5.05. The Hall–Kier alpha value is -1.51. The van der Waals surface area contributed by atoms with E-state index in [1.807, 2.05) is 0 Å². The van der Waals surface area contributed by atoms with E-state index in [-0.39, 0.29) is 23.8 Å². The van der Waals surface area contributed by atoms with Gasteiger partial charge in [-0.2, -0.15) is 5.10 Å². The van der Waals surface area contributed by atoms with E-state index in [0.29, 0.717) is 0 Å². The van der Waals surface area contributed by atoms with Crippen LogP contribution in [0.25, 0.3) is 0 Å². The van der Waals surface area contributed by atoms with Crippen LogP contribution in [0, 0.1) is 12.3 Å². The molecule has 0 aliphatic heterocycles. The molecule has 0 aliphatic carbocycles. The number of hydrogen-bond donors (Lipinski definition) is 2. The van der Waals surface area contributed by atoms with E-state index >= 15 is 0 Å². The van der Waals surface area contributed by atoms with Gasteiger partial charge in [0.2, 0.25) is 0 Å². The molecule has 5 nitrogen and oxygen atoms in total. The van der Waals surface area contributed by atoms with Gasteiger partial charge < -0.3 is 10.4 Å². The minimum Gasteiger partial charge on any atom is -0.392 e. The van der Waals surface area contributed by atoms with Gasteiger partial charge in [-0.1, -0.05) is 17.5 Å². The fraction of sp³-hybridized carbons (Fsp3) is 0.400. The lowest BCUT2D eigenvalue weighted by atomic mass is 10.3. The molecule has 0 radical (unpaired) electrons. The van der Waals surface area contributed by atoms with E-state index in [9.17, 15) is 4.79 Å². The normalized spacial score (nSPS) is 11.9. The Kier molecular flexibility index (Phi) is 4.35. The highest BCUT2D eigenvalue weighted by molar-refractivity contribution is 6.32. The molecule has 6 heteroatoms. The molecule has 1 unspecified atom stereocenters. The fourth-order valence-corrected chi connectivity index (χ4v) is 1.27. The third-order valence-electron chi connectivity index (χ3n) is 1.81. The number of terminal acetylenes is 1. The quantitative estimate of drug-likeness (QED) is 0.746. The van der Waals surface area contributed by atoms with Gasteiger partial charge >= 0.3 is 0 Å². The smallest absolute Gasteiger partial charge is 0.292 e. The molecule has 1 heterocycles. The molecule has 0 aromatic carbocycles. The molecule has 0 aliphatic rings. The molecule has 1 rings (SSSR count). The Labute approximate surface area is 98.0 Å². The van der Waals surface area contributed by atoms with E-state index < -0.39 is 11.7 Å². The van der Waals surface area contributed by atoms with E-state index in [1.165, 1.54) is 6.20 Å². The molecule has 0 amide bonds. The highest BCUT2D eigenvalue weighted by Crippen LogP contribution is 2.14. The predicted octanol–water partition coefficient (Wildman–Crippen LogP) is 0.323. The summed E-state index contributed by atoms with van der Waals surface area (Å²) in [5.74, 6) is 2.32. The zero-order valence-electron chi connectivity index (χ0n) is 8.77. The first kappa shape index (κ1) is 12.6. The largest absolute Gasteiger partial charge is 0.392 e. The SMILES string of the molecule is C#CCn1ncc(Cl)c(NCC(C)O)c1=O. The maximum absolute atomic E-state index is 11.8. The van der Waals surface area contributed by atoms with Crippen LogP contribution in [0.4, 0.5) is 5.69 Å². The van der Waals surface area contributed by atoms with Gasteiger partial charge in [-0.15, -0.1) is 6.42 Å². The van der Waals surface area contributed by atoms with Crippen molar-refractivity contribution in [1.82, 2.24) is 9.78 Å². The maximum atomic E-state index is 11.8. The van der Waals surface area contributed by atoms with Gasteiger partial charge in [-0.25, -0.2) is 4.68 Å². The Morgan fingerprint density at radius 2 is 2.50 bits per heavy atom. The van der Waals surface area contributed by atoms with Crippen LogP contribution in [0.3, 0.4) is 0 Å². The first-order valence-electron chi connectivity index (χ1n) is 4.67. The highest BCUT2D eigenvalue weighted by atomic mass is 35.5. The lowest BCUT2D eigenvalue weighted by Crippen LogP contribution is -2.28. The van der Waals surface area contributed by atoms with Gasteiger partial charge in [-0.05, 0) is 6.92 Å². The van der Waals surface area contributed by atoms with E-state index in [1.54, 1.807) is 6.92 Å². The van der Waals surface area contributed by atoms with Gasteiger partial charge in [-0.3, -0.25) is 4.79 Å². The molecular formula is C10H12ClN3O2. The molecule has 1 aromatic heterocycles. The lowest BCUT2D eigenvalue weighted by molar-refractivity contribution is 0.208. The van der Waals surface area contributed by atoms with Gasteiger partial charge in [0, 0.05) is 6.54 Å². The number of nitrogens with zero attached hydrogens (tertiary/aromatic N) is 2. The van der Waals surface area contributed by atoms with Crippen molar-refractivity contribution in [2.45, 2.75) is 19.6 Å². The second kappa shape index (κ2) is 5.54. The molecule has 1 aromatic rings. The number of aliphatic hydroxyl groups excluding tert-OH is 1. The summed E-state index contributed by atoms with van der Waals surface area (Å²) in [6.45, 7) is 1.91. The van der Waals surface area contributed by atoms with Crippen molar-refractivity contribution in [3.05, 3.63) is 21.6 Å². The molecule has 16 heavy (non-hydrogen) atoms. The molecule has 0 fully saturated rings. The van der Waals surface area contributed by atoms with E-state index in [0.717, 1.165) is 4.68 Å². The summed E-state index contributed by atoms with van der Waals surface area (Å²) in [4.78, 5) is 11.8. The first-order chi connectivity index (χ1) is 7.56. The fourth-order valence-electron chi connectivity index (χ4n) is 1.08. The predicted molar refractivity (Wildman–Crippen MR) is 62.5 cm³/mol. The number of aliphatic hydroxyl groups is 1. The van der Waals surface area contributed by atoms with Crippen molar-refractivity contribution in [2.75, 3.05) is 11.9 Å². The van der Waals surface area contributed by atoms with Crippen molar-refractivity contribution in [3.63, 3.8) is 0 Å². The van der Waals surface area contributed by atoms with Crippen LogP contribution in [-0.4, -0.2) is 27.5 Å². The van der Waals surface area contributed by atoms with Crippen LogP contribution >= 0.6 is 11.6 Å². The third-order valence-corrected chi connectivity index (χ3v) is 2.10. The van der Waals surface area contributed by atoms with Crippen molar-refractivity contribution in [3.8, 4) is 12.3 Å². The van der Waals surface area contributed by atoms with Crippen LogP contribution in [0.1, 0.15) is 6.92 Å². The summed E-state index contributed by atoms with van der Waals surface area (Å²) in [5, 5.41) is 15.9. The van der Waals surface area contributed by atoms with Crippen molar-refractivity contribution in [1.29, 1.82) is 0 Å². The van der Waals surface area contributed by atoms with E-state index in [4.69, 9.17) is 23.1 Å². The van der Waals surface area contributed by atoms with Crippen LogP contribution < -0.4 is 10.9 Å². The molecule has 0 saturated heterocycles. The van der Waals surface area contributed by atoms with Crippen LogP contribution in [-0.2, 0) is 6.54 Å². The van der Waals surface area contributed by atoms with Crippen molar-refractivity contribution in [2.24, 2.45) is 0 Å². The lowest BCUT2D eigenvalue weighted by Gasteiger charge is -2.10. The zero-order valence-corrected chi connectivity index (χ0v) is 9.53. The number of halogens is 1. The van der Waals surface area contributed by atoms with Gasteiger partial charge in [0.15, 0.2) is 0 Å². The number of nitrogens with one attached hydrogen (secondary N) is 1. The van der Waals surface area contributed by atoms with Gasteiger partial charge in [0.1, 0.15) is 12.2 Å². The monoisotopic (exact) mass is 241 g/mol. The minimum atomic E-state index is -0.579. The van der Waals surface area contributed by atoms with Crippen molar-refractivity contribution >= 4 is 17.3 Å². The molecular weight excluding hydrogens is 230 g/mol. The number of hydrogen-bond acceptors (Lipinski definition) is 4. The van der Waals surface area contributed by atoms with Crippen LogP contribution in [0.2, 0.25) is 5.02 Å². The number of anilines is 1. The van der Waals surface area contributed by atoms with Crippen LogP contribution in [0.15, 0.2) is 11.0 Å². The van der Waals surface area contributed by atoms with E-state index in [2.05, 4.69) is 16.3 Å². The second-order valence-corrected chi connectivity index (χ2v) is 3.67.